The number of hydrogen-bond donors (Lipinski definition) is 1. The van der Waals surface area contributed by atoms with E-state index < -0.39 is 0 Å². The molecule has 0 spiro atoms. The molecule has 1 aliphatic rings. The second-order valence-corrected chi connectivity index (χ2v) is 4.74. The Morgan fingerprint density at radius 1 is 1.64 bits per heavy atom. The summed E-state index contributed by atoms with van der Waals surface area (Å²) in [5.74, 6) is 0. The summed E-state index contributed by atoms with van der Waals surface area (Å²) < 4.78 is 4.98. The number of rotatable bonds is 6. The highest BCUT2D eigenvalue weighted by atomic mass is 32.2. The lowest BCUT2D eigenvalue weighted by Crippen LogP contribution is -2.21. The van der Waals surface area contributed by atoms with E-state index in [2.05, 4.69) is 17.2 Å². The third-order valence-corrected chi connectivity index (χ3v) is 3.34. The number of aliphatic imine (C=N–C) groups is 1. The van der Waals surface area contributed by atoms with Crippen LogP contribution < -0.4 is 5.32 Å². The van der Waals surface area contributed by atoms with Crippen molar-refractivity contribution in [3.05, 3.63) is 0 Å². The van der Waals surface area contributed by atoms with Gasteiger partial charge in [-0.15, -0.1) is 0 Å². The fourth-order valence-corrected chi connectivity index (χ4v) is 2.55. The van der Waals surface area contributed by atoms with Crippen molar-refractivity contribution in [1.29, 1.82) is 0 Å². The predicted octanol–water partition coefficient (Wildman–Crippen LogP) is 1.88. The molecule has 0 radical (unpaired) electrons. The molecule has 1 N–H and O–H groups in total. The van der Waals surface area contributed by atoms with Crippen molar-refractivity contribution in [2.75, 3.05) is 26.8 Å². The molecule has 0 saturated carbocycles. The third-order valence-electron chi connectivity index (χ3n) is 2.13. The molecule has 0 aromatic heterocycles. The first-order valence-electron chi connectivity index (χ1n) is 5.30. The fraction of sp³-hybridized carbons (Fsp3) is 0.900. The molecule has 1 unspecified atom stereocenters. The van der Waals surface area contributed by atoms with E-state index in [1.807, 2.05) is 11.8 Å². The van der Waals surface area contributed by atoms with Crippen LogP contribution in [0.2, 0.25) is 0 Å². The van der Waals surface area contributed by atoms with E-state index in [0.717, 1.165) is 31.3 Å². The molecule has 0 aromatic rings. The number of hydrogen-bond acceptors (Lipinski definition) is 4. The molecule has 0 amide bonds. The zero-order valence-electron chi connectivity index (χ0n) is 9.08. The van der Waals surface area contributed by atoms with Gasteiger partial charge in [0.05, 0.1) is 6.54 Å². The minimum atomic E-state index is 0.713. The molecule has 0 bridgehead atoms. The lowest BCUT2D eigenvalue weighted by Gasteiger charge is -2.07. The Labute approximate surface area is 90.7 Å². The first kappa shape index (κ1) is 11.9. The summed E-state index contributed by atoms with van der Waals surface area (Å²) in [7, 11) is 1.74. The summed E-state index contributed by atoms with van der Waals surface area (Å²) in [4.78, 5) is 4.46. The minimum absolute atomic E-state index is 0.713. The van der Waals surface area contributed by atoms with Gasteiger partial charge in [0, 0.05) is 25.5 Å². The summed E-state index contributed by atoms with van der Waals surface area (Å²) in [5.41, 5.74) is 0. The van der Waals surface area contributed by atoms with E-state index in [1.165, 1.54) is 12.8 Å². The van der Waals surface area contributed by atoms with E-state index in [-0.39, 0.29) is 0 Å². The molecular weight excluding hydrogens is 196 g/mol. The van der Waals surface area contributed by atoms with Crippen LogP contribution in [0.3, 0.4) is 0 Å². The molecule has 1 aliphatic heterocycles. The lowest BCUT2D eigenvalue weighted by molar-refractivity contribution is 0.196. The maximum atomic E-state index is 4.98. The van der Waals surface area contributed by atoms with Crippen molar-refractivity contribution >= 4 is 16.9 Å². The van der Waals surface area contributed by atoms with E-state index in [4.69, 9.17) is 4.74 Å². The summed E-state index contributed by atoms with van der Waals surface area (Å²) in [6.07, 6.45) is 3.58. The summed E-state index contributed by atoms with van der Waals surface area (Å²) >= 11 is 1.89. The highest BCUT2D eigenvalue weighted by Crippen LogP contribution is 2.23. The number of nitrogens with one attached hydrogen (secondary N) is 1. The van der Waals surface area contributed by atoms with Crippen LogP contribution in [-0.2, 0) is 4.74 Å². The molecule has 0 saturated heterocycles. The van der Waals surface area contributed by atoms with E-state index >= 15 is 0 Å². The molecule has 82 valence electrons. The second kappa shape index (κ2) is 7.12. The molecule has 14 heavy (non-hydrogen) atoms. The van der Waals surface area contributed by atoms with Crippen molar-refractivity contribution in [2.24, 2.45) is 4.99 Å². The summed E-state index contributed by atoms with van der Waals surface area (Å²) in [6, 6.07) is 0. The first-order valence-corrected chi connectivity index (χ1v) is 6.18. The van der Waals surface area contributed by atoms with Crippen molar-refractivity contribution in [3.63, 3.8) is 0 Å². The van der Waals surface area contributed by atoms with Crippen molar-refractivity contribution in [2.45, 2.75) is 31.4 Å². The number of thioether (sulfide) groups is 1. The quantitative estimate of drug-likeness (QED) is 0.688. The highest BCUT2D eigenvalue weighted by Gasteiger charge is 2.17. The zero-order chi connectivity index (χ0) is 10.2. The van der Waals surface area contributed by atoms with Crippen molar-refractivity contribution in [1.82, 2.24) is 5.32 Å². The molecule has 3 nitrogen and oxygen atoms in total. The number of methoxy groups -OCH3 is 1. The molecule has 0 aliphatic carbocycles. The molecule has 0 aromatic carbocycles. The van der Waals surface area contributed by atoms with Gasteiger partial charge in [-0.1, -0.05) is 25.1 Å². The largest absolute Gasteiger partial charge is 0.385 e. The molecule has 4 heteroatoms. The van der Waals surface area contributed by atoms with Gasteiger partial charge in [-0.25, -0.2) is 0 Å². The van der Waals surface area contributed by atoms with Gasteiger partial charge >= 0.3 is 0 Å². The molecule has 1 atom stereocenters. The first-order chi connectivity index (χ1) is 6.86. The summed E-state index contributed by atoms with van der Waals surface area (Å²) in [5, 5.41) is 5.18. The van der Waals surface area contributed by atoms with Gasteiger partial charge in [0.1, 0.15) is 0 Å². The third kappa shape index (κ3) is 4.33. The van der Waals surface area contributed by atoms with Crippen LogP contribution in [0.5, 0.6) is 0 Å². The Kier molecular flexibility index (Phi) is 6.03. The molecule has 0 fully saturated rings. The molecular formula is C10H20N2OS. The van der Waals surface area contributed by atoms with E-state index in [1.54, 1.807) is 7.11 Å². The number of nitrogens with zero attached hydrogens (tertiary/aromatic N) is 1. The maximum Gasteiger partial charge on any atom is 0.156 e. The Morgan fingerprint density at radius 3 is 3.21 bits per heavy atom. The highest BCUT2D eigenvalue weighted by molar-refractivity contribution is 8.14. The SMILES string of the molecule is CCCC1CN=C(NCCCOC)S1. The minimum Gasteiger partial charge on any atom is -0.385 e. The number of ether oxygens (including phenoxy) is 1. The van der Waals surface area contributed by atoms with Crippen LogP contribution in [0.1, 0.15) is 26.2 Å². The van der Waals surface area contributed by atoms with Crippen molar-refractivity contribution in [3.8, 4) is 0 Å². The fourth-order valence-electron chi connectivity index (χ4n) is 1.40. The van der Waals surface area contributed by atoms with Crippen LogP contribution in [0.25, 0.3) is 0 Å². The van der Waals surface area contributed by atoms with Gasteiger partial charge in [-0.3, -0.25) is 4.99 Å². The maximum absolute atomic E-state index is 4.98. The average Bonchev–Trinajstić information content (AvgIpc) is 2.61. The van der Waals surface area contributed by atoms with Gasteiger partial charge in [-0.2, -0.15) is 0 Å². The van der Waals surface area contributed by atoms with Gasteiger partial charge < -0.3 is 10.1 Å². The van der Waals surface area contributed by atoms with Crippen LogP contribution in [0.15, 0.2) is 4.99 Å². The Morgan fingerprint density at radius 2 is 2.50 bits per heavy atom. The monoisotopic (exact) mass is 216 g/mol. The lowest BCUT2D eigenvalue weighted by atomic mass is 10.2. The average molecular weight is 216 g/mol. The van der Waals surface area contributed by atoms with E-state index in [9.17, 15) is 0 Å². The Hall–Kier alpha value is -0.220. The Bertz CT molecular complexity index is 185. The van der Waals surface area contributed by atoms with Gasteiger partial charge in [0.25, 0.3) is 0 Å². The topological polar surface area (TPSA) is 33.6 Å². The van der Waals surface area contributed by atoms with Crippen LogP contribution >= 0.6 is 11.8 Å². The summed E-state index contributed by atoms with van der Waals surface area (Å²) in [6.45, 7) is 5.01. The van der Waals surface area contributed by atoms with Crippen molar-refractivity contribution < 1.29 is 4.74 Å². The van der Waals surface area contributed by atoms with Crippen LogP contribution in [0, 0.1) is 0 Å². The van der Waals surface area contributed by atoms with Gasteiger partial charge in [0.15, 0.2) is 5.17 Å². The van der Waals surface area contributed by atoms with Gasteiger partial charge in [0.2, 0.25) is 0 Å². The smallest absolute Gasteiger partial charge is 0.156 e. The second-order valence-electron chi connectivity index (χ2n) is 3.45. The van der Waals surface area contributed by atoms with Crippen LogP contribution in [-0.4, -0.2) is 37.2 Å². The molecule has 1 rings (SSSR count). The van der Waals surface area contributed by atoms with E-state index in [0.29, 0.717) is 5.25 Å². The molecule has 1 heterocycles. The van der Waals surface area contributed by atoms with Gasteiger partial charge in [-0.05, 0) is 12.8 Å². The zero-order valence-corrected chi connectivity index (χ0v) is 9.90. The predicted molar refractivity (Wildman–Crippen MR) is 63.1 cm³/mol. The van der Waals surface area contributed by atoms with Crippen LogP contribution in [0.4, 0.5) is 0 Å². The Balaban J connectivity index is 2.03. The standard InChI is InChI=1S/C10H20N2OS/c1-3-5-9-8-12-10(14-9)11-6-4-7-13-2/h9H,3-8H2,1-2H3,(H,11,12). The normalized spacial score (nSPS) is 21.0. The number of amidine groups is 1.